The number of carbonyl (C=O) groups excluding carboxylic acids is 1. The van der Waals surface area contributed by atoms with E-state index in [4.69, 9.17) is 0 Å². The average Bonchev–Trinajstić information content (AvgIpc) is 2.28. The number of rotatable bonds is 1. The van der Waals surface area contributed by atoms with Gasteiger partial charge >= 0.3 is 0 Å². The van der Waals surface area contributed by atoms with Crippen molar-refractivity contribution >= 4 is 21.8 Å². The fourth-order valence-electron chi connectivity index (χ4n) is 2.50. The fraction of sp³-hybridized carbons (Fsp3) is 0.500. The molecule has 1 amide bonds. The van der Waals surface area contributed by atoms with Gasteiger partial charge in [0.15, 0.2) is 0 Å². The van der Waals surface area contributed by atoms with E-state index in [2.05, 4.69) is 29.8 Å². The number of amides is 1. The van der Waals surface area contributed by atoms with Crippen LogP contribution >= 0.6 is 15.9 Å². The molecule has 1 aromatic rings. The number of nitrogens with zero attached hydrogens (tertiary/aromatic N) is 1. The summed E-state index contributed by atoms with van der Waals surface area (Å²) in [5.41, 5.74) is 0.778. The second-order valence-corrected chi connectivity index (χ2v) is 5.90. The van der Waals surface area contributed by atoms with Crippen molar-refractivity contribution in [2.24, 2.45) is 5.92 Å². The minimum absolute atomic E-state index is 0.158. The molecule has 1 fully saturated rings. The second-order valence-electron chi connectivity index (χ2n) is 4.99. The highest BCUT2D eigenvalue weighted by Crippen LogP contribution is 2.24. The van der Waals surface area contributed by atoms with Gasteiger partial charge in [0.25, 0.3) is 5.91 Å². The monoisotopic (exact) mass is 295 g/mol. The number of carbonyl (C=O) groups is 1. The lowest BCUT2D eigenvalue weighted by Crippen LogP contribution is -2.44. The largest absolute Gasteiger partial charge is 0.336 e. The summed E-state index contributed by atoms with van der Waals surface area (Å²) in [6.45, 7) is 5.29. The van der Waals surface area contributed by atoms with Crippen LogP contribution in [0.5, 0.6) is 0 Å². The Morgan fingerprint density at radius 1 is 1.41 bits per heavy atom. The number of halogens is 1. The van der Waals surface area contributed by atoms with Crippen molar-refractivity contribution in [2.45, 2.75) is 32.7 Å². The van der Waals surface area contributed by atoms with E-state index in [1.807, 2.05) is 29.2 Å². The van der Waals surface area contributed by atoms with Crippen LogP contribution in [0, 0.1) is 5.92 Å². The number of hydrogen-bond acceptors (Lipinski definition) is 1. The van der Waals surface area contributed by atoms with E-state index in [1.54, 1.807) is 0 Å². The summed E-state index contributed by atoms with van der Waals surface area (Å²) in [6.07, 6.45) is 2.23. The molecule has 0 bridgehead atoms. The Labute approximate surface area is 111 Å². The highest BCUT2D eigenvalue weighted by atomic mass is 79.9. The molecule has 2 nitrogen and oxygen atoms in total. The molecule has 92 valence electrons. The van der Waals surface area contributed by atoms with Gasteiger partial charge in [-0.2, -0.15) is 0 Å². The van der Waals surface area contributed by atoms with Gasteiger partial charge in [0.2, 0.25) is 0 Å². The van der Waals surface area contributed by atoms with Gasteiger partial charge in [0, 0.05) is 22.6 Å². The maximum Gasteiger partial charge on any atom is 0.254 e. The Hall–Kier alpha value is -0.830. The lowest BCUT2D eigenvalue weighted by atomic mass is 9.93. The minimum atomic E-state index is 0.158. The van der Waals surface area contributed by atoms with Gasteiger partial charge in [-0.05, 0) is 43.9 Å². The number of hydrogen-bond donors (Lipinski definition) is 0. The first-order chi connectivity index (χ1) is 8.08. The van der Waals surface area contributed by atoms with Gasteiger partial charge in [-0.1, -0.05) is 28.9 Å². The highest BCUT2D eigenvalue weighted by Gasteiger charge is 2.27. The van der Waals surface area contributed by atoms with Gasteiger partial charge in [0.1, 0.15) is 0 Å². The summed E-state index contributed by atoms with van der Waals surface area (Å²) < 4.78 is 0.960. The molecule has 3 heteroatoms. The van der Waals surface area contributed by atoms with Crippen LogP contribution in [0.15, 0.2) is 28.7 Å². The molecule has 2 rings (SSSR count). The quantitative estimate of drug-likeness (QED) is 0.773. The highest BCUT2D eigenvalue weighted by molar-refractivity contribution is 9.10. The van der Waals surface area contributed by atoms with Gasteiger partial charge in [-0.3, -0.25) is 4.79 Å². The van der Waals surface area contributed by atoms with Crippen LogP contribution in [0.3, 0.4) is 0 Å². The Morgan fingerprint density at radius 3 is 2.82 bits per heavy atom. The standard InChI is InChI=1S/C14H18BrNO/c1-10-6-7-16(11(2)8-10)14(17)12-4-3-5-13(15)9-12/h3-5,9-11H,6-8H2,1-2H3. The van der Waals surface area contributed by atoms with Gasteiger partial charge in [-0.15, -0.1) is 0 Å². The molecule has 1 aromatic carbocycles. The molecule has 1 aliphatic heterocycles. The summed E-state index contributed by atoms with van der Waals surface area (Å²) in [5, 5.41) is 0. The predicted octanol–water partition coefficient (Wildman–Crippen LogP) is 3.71. The van der Waals surface area contributed by atoms with E-state index < -0.39 is 0 Å². The fourth-order valence-corrected chi connectivity index (χ4v) is 2.90. The molecule has 1 saturated heterocycles. The number of likely N-dealkylation sites (tertiary alicyclic amines) is 1. The maximum absolute atomic E-state index is 12.4. The summed E-state index contributed by atoms with van der Waals surface area (Å²) in [5.74, 6) is 0.891. The maximum atomic E-state index is 12.4. The SMILES string of the molecule is CC1CCN(C(=O)c2cccc(Br)c2)C(C)C1. The molecule has 0 N–H and O–H groups in total. The summed E-state index contributed by atoms with van der Waals surface area (Å²) in [7, 11) is 0. The zero-order valence-corrected chi connectivity index (χ0v) is 11.9. The van der Waals surface area contributed by atoms with E-state index in [0.29, 0.717) is 6.04 Å². The third-order valence-corrected chi connectivity index (χ3v) is 3.96. The molecule has 2 unspecified atom stereocenters. The molecule has 0 saturated carbocycles. The Morgan fingerprint density at radius 2 is 2.18 bits per heavy atom. The molecular weight excluding hydrogens is 278 g/mol. The smallest absolute Gasteiger partial charge is 0.254 e. The van der Waals surface area contributed by atoms with Crippen molar-refractivity contribution in [3.05, 3.63) is 34.3 Å². The Bertz CT molecular complexity index is 418. The third kappa shape index (κ3) is 2.89. The number of benzene rings is 1. The van der Waals surface area contributed by atoms with Crippen LogP contribution in [0.4, 0.5) is 0 Å². The zero-order valence-electron chi connectivity index (χ0n) is 10.3. The predicted molar refractivity (Wildman–Crippen MR) is 73.0 cm³/mol. The summed E-state index contributed by atoms with van der Waals surface area (Å²) in [4.78, 5) is 14.4. The first kappa shape index (κ1) is 12.6. The number of piperidine rings is 1. The normalized spacial score (nSPS) is 24.8. The van der Waals surface area contributed by atoms with E-state index in [1.165, 1.54) is 0 Å². The molecule has 1 heterocycles. The third-order valence-electron chi connectivity index (χ3n) is 3.47. The van der Waals surface area contributed by atoms with Crippen LogP contribution in [0.25, 0.3) is 0 Å². The Balaban J connectivity index is 2.15. The molecule has 2 atom stereocenters. The molecule has 1 aliphatic rings. The minimum Gasteiger partial charge on any atom is -0.336 e. The molecule has 0 radical (unpaired) electrons. The van der Waals surface area contributed by atoms with Crippen LogP contribution in [-0.4, -0.2) is 23.4 Å². The van der Waals surface area contributed by atoms with Gasteiger partial charge < -0.3 is 4.90 Å². The van der Waals surface area contributed by atoms with Crippen molar-refractivity contribution in [3.63, 3.8) is 0 Å². The lowest BCUT2D eigenvalue weighted by Gasteiger charge is -2.36. The van der Waals surface area contributed by atoms with Crippen molar-refractivity contribution in [2.75, 3.05) is 6.54 Å². The summed E-state index contributed by atoms with van der Waals surface area (Å²) >= 11 is 3.41. The molecule has 0 aromatic heterocycles. The topological polar surface area (TPSA) is 20.3 Å². The van der Waals surface area contributed by atoms with E-state index in [0.717, 1.165) is 35.3 Å². The van der Waals surface area contributed by atoms with Crippen LogP contribution in [-0.2, 0) is 0 Å². The molecule has 17 heavy (non-hydrogen) atoms. The zero-order chi connectivity index (χ0) is 12.4. The second kappa shape index (κ2) is 5.21. The first-order valence-electron chi connectivity index (χ1n) is 6.14. The van der Waals surface area contributed by atoms with Crippen LogP contribution < -0.4 is 0 Å². The van der Waals surface area contributed by atoms with Crippen molar-refractivity contribution in [3.8, 4) is 0 Å². The van der Waals surface area contributed by atoms with Crippen LogP contribution in [0.2, 0.25) is 0 Å². The lowest BCUT2D eigenvalue weighted by molar-refractivity contribution is 0.0588. The van der Waals surface area contributed by atoms with Crippen molar-refractivity contribution in [1.29, 1.82) is 0 Å². The summed E-state index contributed by atoms with van der Waals surface area (Å²) in [6, 6.07) is 7.99. The average molecular weight is 296 g/mol. The first-order valence-corrected chi connectivity index (χ1v) is 6.93. The molecule has 0 aliphatic carbocycles. The van der Waals surface area contributed by atoms with E-state index in [9.17, 15) is 4.79 Å². The van der Waals surface area contributed by atoms with Crippen molar-refractivity contribution < 1.29 is 4.79 Å². The molecule has 0 spiro atoms. The van der Waals surface area contributed by atoms with Gasteiger partial charge in [0.05, 0.1) is 0 Å². The van der Waals surface area contributed by atoms with E-state index in [-0.39, 0.29) is 5.91 Å². The van der Waals surface area contributed by atoms with Crippen LogP contribution in [0.1, 0.15) is 37.0 Å². The molecular formula is C14H18BrNO. The van der Waals surface area contributed by atoms with E-state index >= 15 is 0 Å². The Kier molecular flexibility index (Phi) is 3.87. The van der Waals surface area contributed by atoms with Crippen molar-refractivity contribution in [1.82, 2.24) is 4.90 Å². The van der Waals surface area contributed by atoms with Gasteiger partial charge in [-0.25, -0.2) is 0 Å².